The van der Waals surface area contributed by atoms with Gasteiger partial charge in [-0.05, 0) is 37.0 Å². The predicted molar refractivity (Wildman–Crippen MR) is 59.4 cm³/mol. The molecule has 4 heteroatoms. The van der Waals surface area contributed by atoms with Crippen molar-refractivity contribution in [1.29, 1.82) is 0 Å². The van der Waals surface area contributed by atoms with Crippen LogP contribution in [0, 0.1) is 0 Å². The lowest BCUT2D eigenvalue weighted by Gasteiger charge is -2.08. The van der Waals surface area contributed by atoms with Gasteiger partial charge in [0.05, 0.1) is 4.90 Å². The Hall–Kier alpha value is -0.870. The molecule has 0 saturated heterocycles. The van der Waals surface area contributed by atoms with Gasteiger partial charge in [-0.2, -0.15) is 0 Å². The third kappa shape index (κ3) is 2.58. The Morgan fingerprint density at radius 1 is 1.27 bits per heavy atom. The van der Waals surface area contributed by atoms with Gasteiger partial charge in [0.25, 0.3) is 0 Å². The van der Waals surface area contributed by atoms with Crippen LogP contribution in [-0.2, 0) is 16.3 Å². The lowest BCUT2D eigenvalue weighted by Crippen LogP contribution is -2.24. The molecule has 1 fully saturated rings. The van der Waals surface area contributed by atoms with E-state index in [1.807, 2.05) is 12.1 Å². The summed E-state index contributed by atoms with van der Waals surface area (Å²) in [5.41, 5.74) is 7.08. The highest BCUT2D eigenvalue weighted by molar-refractivity contribution is 7.90. The lowest BCUT2D eigenvalue weighted by molar-refractivity contribution is 0.602. The van der Waals surface area contributed by atoms with Gasteiger partial charge in [0.15, 0.2) is 9.84 Å². The molecule has 3 nitrogen and oxygen atoms in total. The number of sulfone groups is 1. The smallest absolute Gasteiger partial charge is 0.175 e. The van der Waals surface area contributed by atoms with Crippen LogP contribution >= 0.6 is 0 Å². The molecular weight excluding hydrogens is 210 g/mol. The van der Waals surface area contributed by atoms with E-state index in [9.17, 15) is 8.42 Å². The summed E-state index contributed by atoms with van der Waals surface area (Å²) < 4.78 is 22.4. The summed E-state index contributed by atoms with van der Waals surface area (Å²) in [5, 5.41) is 0. The zero-order chi connectivity index (χ0) is 11.1. The normalized spacial score (nSPS) is 18.8. The maximum Gasteiger partial charge on any atom is 0.175 e. The first-order chi connectivity index (χ1) is 6.89. The lowest BCUT2D eigenvalue weighted by atomic mass is 10.1. The molecule has 0 unspecified atom stereocenters. The van der Waals surface area contributed by atoms with E-state index in [1.165, 1.54) is 6.26 Å². The van der Waals surface area contributed by atoms with Crippen molar-refractivity contribution in [2.24, 2.45) is 5.73 Å². The average molecular weight is 225 g/mol. The first kappa shape index (κ1) is 10.6. The molecule has 0 spiro atoms. The molecular formula is C11H15NO2S. The van der Waals surface area contributed by atoms with Gasteiger partial charge in [0.1, 0.15) is 0 Å². The molecule has 0 amide bonds. The molecule has 1 saturated carbocycles. The highest BCUT2D eigenvalue weighted by atomic mass is 32.2. The predicted octanol–water partition coefficient (Wildman–Crippen LogP) is 1.12. The summed E-state index contributed by atoms with van der Waals surface area (Å²) in [4.78, 5) is 0.369. The van der Waals surface area contributed by atoms with E-state index in [1.54, 1.807) is 12.1 Å². The minimum absolute atomic E-state index is 0.0212. The van der Waals surface area contributed by atoms with Crippen LogP contribution in [0.15, 0.2) is 29.2 Å². The quantitative estimate of drug-likeness (QED) is 0.838. The van der Waals surface area contributed by atoms with Crippen molar-refractivity contribution in [3.63, 3.8) is 0 Å². The second-order valence-corrected chi connectivity index (χ2v) is 6.47. The maximum atomic E-state index is 11.2. The third-order valence-electron chi connectivity index (χ3n) is 2.80. The van der Waals surface area contributed by atoms with Crippen molar-refractivity contribution in [2.75, 3.05) is 6.26 Å². The first-order valence-electron chi connectivity index (χ1n) is 4.97. The summed E-state index contributed by atoms with van der Waals surface area (Å²) in [6.45, 7) is 0. The van der Waals surface area contributed by atoms with Gasteiger partial charge in [-0.3, -0.25) is 0 Å². The molecule has 0 aliphatic heterocycles. The molecule has 2 rings (SSSR count). The monoisotopic (exact) mass is 225 g/mol. The molecule has 1 aliphatic rings. The molecule has 82 valence electrons. The number of rotatable bonds is 3. The fourth-order valence-electron chi connectivity index (χ4n) is 1.60. The minimum Gasteiger partial charge on any atom is -0.325 e. The van der Waals surface area contributed by atoms with Crippen LogP contribution in [0.1, 0.15) is 18.4 Å². The van der Waals surface area contributed by atoms with E-state index in [-0.39, 0.29) is 5.54 Å². The average Bonchev–Trinajstić information content (AvgIpc) is 2.82. The Morgan fingerprint density at radius 3 is 2.20 bits per heavy atom. The summed E-state index contributed by atoms with van der Waals surface area (Å²) in [7, 11) is -3.08. The van der Waals surface area contributed by atoms with Crippen molar-refractivity contribution in [2.45, 2.75) is 29.7 Å². The molecule has 0 aromatic heterocycles. The van der Waals surface area contributed by atoms with Crippen molar-refractivity contribution < 1.29 is 8.42 Å². The summed E-state index contributed by atoms with van der Waals surface area (Å²) in [6.07, 6.45) is 4.20. The van der Waals surface area contributed by atoms with E-state index in [0.29, 0.717) is 4.90 Å². The van der Waals surface area contributed by atoms with E-state index in [4.69, 9.17) is 5.73 Å². The number of hydrogen-bond acceptors (Lipinski definition) is 3. The van der Waals surface area contributed by atoms with Crippen LogP contribution in [0.4, 0.5) is 0 Å². The van der Waals surface area contributed by atoms with E-state index >= 15 is 0 Å². The van der Waals surface area contributed by atoms with E-state index < -0.39 is 9.84 Å². The fraction of sp³-hybridized carbons (Fsp3) is 0.455. The highest BCUT2D eigenvalue weighted by Gasteiger charge is 2.37. The zero-order valence-corrected chi connectivity index (χ0v) is 9.55. The standard InChI is InChI=1S/C11H15NO2S/c1-15(13,14)10-4-2-9(3-5-10)8-11(12)6-7-11/h2-5H,6-8,12H2,1H3. The van der Waals surface area contributed by atoms with Gasteiger partial charge in [-0.1, -0.05) is 12.1 Å². The van der Waals surface area contributed by atoms with Crippen LogP contribution in [0.5, 0.6) is 0 Å². The molecule has 0 radical (unpaired) electrons. The summed E-state index contributed by atoms with van der Waals surface area (Å²) in [6, 6.07) is 7.00. The Kier molecular flexibility index (Phi) is 2.35. The van der Waals surface area contributed by atoms with E-state index in [2.05, 4.69) is 0 Å². The van der Waals surface area contributed by atoms with Crippen molar-refractivity contribution in [1.82, 2.24) is 0 Å². The molecule has 0 bridgehead atoms. The van der Waals surface area contributed by atoms with Gasteiger partial charge < -0.3 is 5.73 Å². The largest absolute Gasteiger partial charge is 0.325 e. The Bertz CT molecular complexity index is 458. The number of benzene rings is 1. The minimum atomic E-state index is -3.08. The topological polar surface area (TPSA) is 60.2 Å². The summed E-state index contributed by atoms with van der Waals surface area (Å²) in [5.74, 6) is 0. The van der Waals surface area contributed by atoms with Crippen molar-refractivity contribution in [3.05, 3.63) is 29.8 Å². The molecule has 1 aromatic carbocycles. The van der Waals surface area contributed by atoms with Crippen LogP contribution in [0.25, 0.3) is 0 Å². The van der Waals surface area contributed by atoms with Crippen LogP contribution < -0.4 is 5.73 Å². The summed E-state index contributed by atoms with van der Waals surface area (Å²) >= 11 is 0. The van der Waals surface area contributed by atoms with Crippen molar-refractivity contribution >= 4 is 9.84 Å². The highest BCUT2D eigenvalue weighted by Crippen LogP contribution is 2.35. The zero-order valence-electron chi connectivity index (χ0n) is 8.73. The van der Waals surface area contributed by atoms with E-state index in [0.717, 1.165) is 24.8 Å². The number of nitrogens with two attached hydrogens (primary N) is 1. The number of hydrogen-bond donors (Lipinski definition) is 1. The SMILES string of the molecule is CS(=O)(=O)c1ccc(CC2(N)CC2)cc1. The molecule has 15 heavy (non-hydrogen) atoms. The Labute approximate surface area is 90.2 Å². The van der Waals surface area contributed by atoms with Gasteiger partial charge in [-0.15, -0.1) is 0 Å². The second kappa shape index (κ2) is 3.32. The van der Waals surface area contributed by atoms with Gasteiger partial charge >= 0.3 is 0 Å². The van der Waals surface area contributed by atoms with Crippen LogP contribution in [-0.4, -0.2) is 20.2 Å². The molecule has 0 heterocycles. The Morgan fingerprint density at radius 2 is 1.80 bits per heavy atom. The third-order valence-corrected chi connectivity index (χ3v) is 3.93. The maximum absolute atomic E-state index is 11.2. The van der Waals surface area contributed by atoms with Crippen LogP contribution in [0.2, 0.25) is 0 Å². The molecule has 0 atom stereocenters. The van der Waals surface area contributed by atoms with Gasteiger partial charge in [0, 0.05) is 11.8 Å². The second-order valence-electron chi connectivity index (χ2n) is 4.46. The van der Waals surface area contributed by atoms with Gasteiger partial charge in [-0.25, -0.2) is 8.42 Å². The molecule has 1 aromatic rings. The first-order valence-corrected chi connectivity index (χ1v) is 6.86. The van der Waals surface area contributed by atoms with Crippen molar-refractivity contribution in [3.8, 4) is 0 Å². The Balaban J connectivity index is 2.17. The fourth-order valence-corrected chi connectivity index (χ4v) is 2.23. The molecule has 2 N–H and O–H groups in total. The van der Waals surface area contributed by atoms with Gasteiger partial charge in [0.2, 0.25) is 0 Å². The molecule has 1 aliphatic carbocycles. The van der Waals surface area contributed by atoms with Crippen LogP contribution in [0.3, 0.4) is 0 Å².